The van der Waals surface area contributed by atoms with Crippen LogP contribution in [-0.4, -0.2) is 41.1 Å². The minimum Gasteiger partial charge on any atom is -0.508 e. The zero-order valence-electron chi connectivity index (χ0n) is 22.6. The fourth-order valence-electron chi connectivity index (χ4n) is 4.28. The highest BCUT2D eigenvalue weighted by Crippen LogP contribution is 2.25. The highest BCUT2D eigenvalue weighted by molar-refractivity contribution is 5.95. The number of hydrogen-bond acceptors (Lipinski definition) is 4. The number of esters is 1. The Bertz CT molecular complexity index is 903. The van der Waals surface area contributed by atoms with E-state index in [1.165, 1.54) is 5.57 Å². The average Bonchev–Trinajstić information content (AvgIpc) is 3.26. The van der Waals surface area contributed by atoms with E-state index >= 15 is 0 Å². The number of carbonyl (C=O) groups excluding carboxylic acids is 2. The molecular weight excluding hydrogens is 438 g/mol. The molecule has 5 nitrogen and oxygen atoms in total. The summed E-state index contributed by atoms with van der Waals surface area (Å²) in [5, 5.41) is 9.97. The molecule has 0 saturated heterocycles. The van der Waals surface area contributed by atoms with E-state index < -0.39 is 12.1 Å². The van der Waals surface area contributed by atoms with Crippen LogP contribution in [0.5, 0.6) is 0 Å². The lowest BCUT2D eigenvalue weighted by Gasteiger charge is -2.17. The Hall–Kier alpha value is -2.56. The predicted octanol–water partition coefficient (Wildman–Crippen LogP) is 6.98. The van der Waals surface area contributed by atoms with Crippen LogP contribution in [0.3, 0.4) is 0 Å². The van der Waals surface area contributed by atoms with Crippen LogP contribution in [0.2, 0.25) is 0 Å². The van der Waals surface area contributed by atoms with Gasteiger partial charge in [0.15, 0.2) is 6.10 Å². The fourth-order valence-corrected chi connectivity index (χ4v) is 4.28. The second-order valence-corrected chi connectivity index (χ2v) is 10.6. The molecule has 1 N–H and O–H groups in total. The van der Waals surface area contributed by atoms with Gasteiger partial charge in [-0.15, -0.1) is 0 Å². The van der Waals surface area contributed by atoms with Gasteiger partial charge in [0.1, 0.15) is 5.76 Å². The maximum Gasteiger partial charge on any atom is 0.338 e. The molecule has 1 amide bonds. The van der Waals surface area contributed by atoms with Crippen molar-refractivity contribution in [2.45, 2.75) is 92.6 Å². The molecule has 0 fully saturated rings. The first-order chi connectivity index (χ1) is 16.6. The molecule has 5 heteroatoms. The lowest BCUT2D eigenvalue weighted by atomic mass is 10.0. The number of nitrogens with zero attached hydrogens (tertiary/aromatic N) is 1. The summed E-state index contributed by atoms with van der Waals surface area (Å²) in [5.41, 5.74) is 3.76. The topological polar surface area (TPSA) is 66.8 Å². The molecule has 194 valence electrons. The van der Waals surface area contributed by atoms with E-state index in [-0.39, 0.29) is 11.7 Å². The third-order valence-electron chi connectivity index (χ3n) is 6.80. The quantitative estimate of drug-likeness (QED) is 0.164. The standard InChI is InChI=1S/C30H45NO4/c1-21(2)16-18-31-19-17-26(29(31)33)15-9-13-23(4)11-7-10-22(3)12-8-14-24(5)20-27-28(32)25(6)30(34)35-27/h7,10-11,14,17,21-22,27,32H,8-9,12-13,15-16,18-20H2,1-6H3. The smallest absolute Gasteiger partial charge is 0.338 e. The molecule has 2 atom stereocenters. The van der Waals surface area contributed by atoms with Gasteiger partial charge in [0.2, 0.25) is 5.91 Å². The van der Waals surface area contributed by atoms with Gasteiger partial charge in [0.05, 0.1) is 5.57 Å². The number of aliphatic hydroxyl groups excluding tert-OH is 1. The predicted molar refractivity (Wildman–Crippen MR) is 143 cm³/mol. The Labute approximate surface area is 212 Å². The summed E-state index contributed by atoms with van der Waals surface area (Å²) in [7, 11) is 0. The molecule has 0 radical (unpaired) electrons. The average molecular weight is 484 g/mol. The Kier molecular flexibility index (Phi) is 11.6. The van der Waals surface area contributed by atoms with Crippen molar-refractivity contribution in [1.29, 1.82) is 0 Å². The van der Waals surface area contributed by atoms with Gasteiger partial charge in [0.25, 0.3) is 0 Å². The van der Waals surface area contributed by atoms with Gasteiger partial charge in [-0.25, -0.2) is 4.79 Å². The van der Waals surface area contributed by atoms with Crippen molar-refractivity contribution in [2.75, 3.05) is 13.1 Å². The van der Waals surface area contributed by atoms with Crippen LogP contribution in [0.1, 0.15) is 86.5 Å². The van der Waals surface area contributed by atoms with Crippen LogP contribution >= 0.6 is 0 Å². The molecule has 35 heavy (non-hydrogen) atoms. The summed E-state index contributed by atoms with van der Waals surface area (Å²) in [6.45, 7) is 14.0. The van der Waals surface area contributed by atoms with Crippen LogP contribution in [0, 0.1) is 11.8 Å². The van der Waals surface area contributed by atoms with E-state index in [0.29, 0.717) is 23.8 Å². The van der Waals surface area contributed by atoms with Crippen molar-refractivity contribution >= 4 is 11.9 Å². The molecule has 2 aliphatic rings. The lowest BCUT2D eigenvalue weighted by molar-refractivity contribution is -0.140. The number of rotatable bonds is 14. The van der Waals surface area contributed by atoms with E-state index in [0.717, 1.165) is 62.8 Å². The van der Waals surface area contributed by atoms with Gasteiger partial charge in [0, 0.05) is 25.1 Å². The Morgan fingerprint density at radius 2 is 1.94 bits per heavy atom. The molecule has 0 spiro atoms. The van der Waals surface area contributed by atoms with E-state index in [4.69, 9.17) is 4.74 Å². The number of ether oxygens (including phenoxy) is 1. The molecule has 2 unspecified atom stereocenters. The third kappa shape index (κ3) is 9.54. The van der Waals surface area contributed by atoms with Gasteiger partial charge in [-0.1, -0.05) is 62.3 Å². The Balaban J connectivity index is 1.64. The number of cyclic esters (lactones) is 1. The van der Waals surface area contributed by atoms with E-state index in [1.807, 2.05) is 11.8 Å². The first-order valence-corrected chi connectivity index (χ1v) is 13.2. The number of amides is 1. The van der Waals surface area contributed by atoms with E-state index in [9.17, 15) is 14.7 Å². The van der Waals surface area contributed by atoms with Crippen LogP contribution in [-0.2, 0) is 14.3 Å². The van der Waals surface area contributed by atoms with Crippen molar-refractivity contribution in [2.24, 2.45) is 11.8 Å². The van der Waals surface area contributed by atoms with Gasteiger partial charge in [-0.2, -0.15) is 0 Å². The van der Waals surface area contributed by atoms with E-state index in [1.54, 1.807) is 6.92 Å². The van der Waals surface area contributed by atoms with Crippen LogP contribution in [0.15, 0.2) is 58.4 Å². The highest BCUT2D eigenvalue weighted by atomic mass is 16.6. The molecule has 0 bridgehead atoms. The van der Waals surface area contributed by atoms with Crippen LogP contribution in [0.25, 0.3) is 0 Å². The van der Waals surface area contributed by atoms with Crippen molar-refractivity contribution in [3.8, 4) is 0 Å². The summed E-state index contributed by atoms with van der Waals surface area (Å²) in [6.07, 6.45) is 16.8. The van der Waals surface area contributed by atoms with Gasteiger partial charge in [-0.05, 0) is 71.1 Å². The van der Waals surface area contributed by atoms with Gasteiger partial charge >= 0.3 is 5.97 Å². The molecular formula is C30H45NO4. The molecule has 2 heterocycles. The first kappa shape index (κ1) is 28.7. The molecule has 0 aromatic heterocycles. The molecule has 0 aliphatic carbocycles. The molecule has 0 aromatic carbocycles. The number of allylic oxidation sites excluding steroid dienone is 5. The maximum atomic E-state index is 12.5. The second kappa shape index (κ2) is 14.1. The minimum absolute atomic E-state index is 0.0661. The van der Waals surface area contributed by atoms with Crippen molar-refractivity contribution in [3.05, 3.63) is 58.4 Å². The lowest BCUT2D eigenvalue weighted by Crippen LogP contribution is -2.28. The fraction of sp³-hybridized carbons (Fsp3) is 0.600. The largest absolute Gasteiger partial charge is 0.508 e. The van der Waals surface area contributed by atoms with Crippen molar-refractivity contribution in [1.82, 2.24) is 4.90 Å². The summed E-state index contributed by atoms with van der Waals surface area (Å²) in [6, 6.07) is 0. The molecule has 0 saturated carbocycles. The summed E-state index contributed by atoms with van der Waals surface area (Å²) < 4.78 is 5.20. The SMILES string of the molecule is CC(=CC=CC(C)CCC=C(C)CC1OC(=O)C(C)=C1O)CCCC1=CCN(CCC(C)C)C1=O. The van der Waals surface area contributed by atoms with Gasteiger partial charge in [-0.3, -0.25) is 4.79 Å². The first-order valence-electron chi connectivity index (χ1n) is 13.2. The number of carbonyl (C=O) groups is 2. The van der Waals surface area contributed by atoms with Crippen molar-refractivity contribution < 1.29 is 19.4 Å². The minimum atomic E-state index is -0.531. The summed E-state index contributed by atoms with van der Waals surface area (Å²) >= 11 is 0. The molecule has 2 aliphatic heterocycles. The zero-order chi connectivity index (χ0) is 26.0. The summed E-state index contributed by atoms with van der Waals surface area (Å²) in [5.74, 6) is 0.962. The summed E-state index contributed by atoms with van der Waals surface area (Å²) in [4.78, 5) is 26.0. The van der Waals surface area contributed by atoms with Crippen LogP contribution < -0.4 is 0 Å². The number of aliphatic hydroxyl groups is 1. The highest BCUT2D eigenvalue weighted by Gasteiger charge is 2.31. The van der Waals surface area contributed by atoms with Gasteiger partial charge < -0.3 is 14.7 Å². The maximum absolute atomic E-state index is 12.5. The van der Waals surface area contributed by atoms with Crippen LogP contribution in [0.4, 0.5) is 0 Å². The molecule has 2 rings (SSSR count). The monoisotopic (exact) mass is 483 g/mol. The number of hydrogen-bond donors (Lipinski definition) is 1. The third-order valence-corrected chi connectivity index (χ3v) is 6.80. The van der Waals surface area contributed by atoms with Crippen molar-refractivity contribution in [3.63, 3.8) is 0 Å². The second-order valence-electron chi connectivity index (χ2n) is 10.6. The zero-order valence-corrected chi connectivity index (χ0v) is 22.6. The Morgan fingerprint density at radius 1 is 1.20 bits per heavy atom. The Morgan fingerprint density at radius 3 is 2.60 bits per heavy atom. The normalized spacial score (nSPS) is 20.5. The molecule has 0 aromatic rings. The van der Waals surface area contributed by atoms with E-state index in [2.05, 4.69) is 58.1 Å².